The molecular formula is C19H19NO5S. The Morgan fingerprint density at radius 2 is 1.77 bits per heavy atom. The molecule has 7 heteroatoms. The molecule has 1 atom stereocenters. The van der Waals surface area contributed by atoms with E-state index in [0.29, 0.717) is 11.1 Å². The maximum atomic E-state index is 12.6. The van der Waals surface area contributed by atoms with E-state index in [9.17, 15) is 13.2 Å². The number of hydrogen-bond acceptors (Lipinski definition) is 6. The van der Waals surface area contributed by atoms with Gasteiger partial charge in [-0.05, 0) is 30.5 Å². The van der Waals surface area contributed by atoms with Gasteiger partial charge in [-0.25, -0.2) is 0 Å². The number of ether oxygens (including phenoxy) is 1. The monoisotopic (exact) mass is 373 g/mol. The van der Waals surface area contributed by atoms with Crippen molar-refractivity contribution in [2.45, 2.75) is 25.7 Å². The van der Waals surface area contributed by atoms with Gasteiger partial charge in [0.25, 0.3) is 0 Å². The third-order valence-corrected chi connectivity index (χ3v) is 5.27. The summed E-state index contributed by atoms with van der Waals surface area (Å²) in [6, 6.07) is 14.0. The Kier molecular flexibility index (Phi) is 4.73. The lowest BCUT2D eigenvalue weighted by Gasteiger charge is -2.12. The second-order valence-corrected chi connectivity index (χ2v) is 7.74. The first-order valence-corrected chi connectivity index (χ1v) is 9.58. The summed E-state index contributed by atoms with van der Waals surface area (Å²) in [6.07, 6.45) is -1.00. The van der Waals surface area contributed by atoms with Gasteiger partial charge in [0.1, 0.15) is 5.75 Å². The van der Waals surface area contributed by atoms with E-state index in [1.165, 1.54) is 0 Å². The lowest BCUT2D eigenvalue weighted by atomic mass is 10.0. The smallest absolute Gasteiger partial charge is 0.313 e. The highest BCUT2D eigenvalue weighted by Gasteiger charge is 2.39. The van der Waals surface area contributed by atoms with E-state index in [1.807, 2.05) is 26.0 Å². The maximum Gasteiger partial charge on any atom is 0.313 e. The predicted molar refractivity (Wildman–Crippen MR) is 96.1 cm³/mol. The van der Waals surface area contributed by atoms with Crippen molar-refractivity contribution in [3.05, 3.63) is 82.4 Å². The fraction of sp³-hybridized carbons (Fsp3) is 0.211. The molecule has 1 aliphatic heterocycles. The number of hydrogen-bond donors (Lipinski definition) is 1. The van der Waals surface area contributed by atoms with Crippen LogP contribution < -0.4 is 5.73 Å². The first kappa shape index (κ1) is 18.0. The summed E-state index contributed by atoms with van der Waals surface area (Å²) < 4.78 is 34.9. The molecule has 2 N–H and O–H groups in total. The highest BCUT2D eigenvalue weighted by molar-refractivity contribution is 7.86. The van der Waals surface area contributed by atoms with Gasteiger partial charge in [-0.1, -0.05) is 48.5 Å². The zero-order chi connectivity index (χ0) is 18.9. The molecular weight excluding hydrogens is 354 g/mol. The fourth-order valence-electron chi connectivity index (χ4n) is 2.64. The second-order valence-electron chi connectivity index (χ2n) is 6.17. The van der Waals surface area contributed by atoms with Gasteiger partial charge in [0.2, 0.25) is 17.4 Å². The van der Waals surface area contributed by atoms with Crippen LogP contribution in [0.5, 0.6) is 0 Å². The summed E-state index contributed by atoms with van der Waals surface area (Å²) in [4.78, 5) is 12.6. The predicted octanol–water partition coefficient (Wildman–Crippen LogP) is 2.62. The molecule has 6 nitrogen and oxygen atoms in total. The molecule has 0 aromatic heterocycles. The van der Waals surface area contributed by atoms with Crippen molar-refractivity contribution in [2.24, 2.45) is 5.73 Å². The molecule has 0 aliphatic carbocycles. The minimum Gasteiger partial charge on any atom is -0.460 e. The van der Waals surface area contributed by atoms with E-state index in [4.69, 9.17) is 14.7 Å². The molecule has 26 heavy (non-hydrogen) atoms. The standard InChI is InChI=1S/C19H19NO5S/c1-12-8-9-15(10-13(12)2)17-16(21)18(19(20)24-17)25-26(22,23)11-14-6-4-3-5-7-14/h3-10,17H,11,20H2,1-2H3. The highest BCUT2D eigenvalue weighted by Crippen LogP contribution is 2.33. The first-order chi connectivity index (χ1) is 12.3. The number of ketones is 1. The molecule has 3 rings (SSSR count). The van der Waals surface area contributed by atoms with Crippen molar-refractivity contribution in [3.63, 3.8) is 0 Å². The Bertz CT molecular complexity index is 980. The van der Waals surface area contributed by atoms with Crippen molar-refractivity contribution in [1.82, 2.24) is 0 Å². The van der Waals surface area contributed by atoms with Gasteiger partial charge in [0.05, 0.1) is 0 Å². The molecule has 0 amide bonds. The SMILES string of the molecule is Cc1ccc(C2OC(N)=C(OS(=O)(=O)Cc3ccccc3)C2=O)cc1C. The van der Waals surface area contributed by atoms with E-state index in [-0.39, 0.29) is 11.6 Å². The second kappa shape index (κ2) is 6.84. The van der Waals surface area contributed by atoms with Crippen LogP contribution in [0.15, 0.2) is 60.2 Å². The highest BCUT2D eigenvalue weighted by atomic mass is 32.2. The zero-order valence-corrected chi connectivity index (χ0v) is 15.2. The number of carbonyl (C=O) groups excluding carboxylic acids is 1. The number of aryl methyl sites for hydroxylation is 2. The quantitative estimate of drug-likeness (QED) is 0.810. The van der Waals surface area contributed by atoms with E-state index in [0.717, 1.165) is 11.1 Å². The molecule has 0 bridgehead atoms. The molecule has 2 aromatic rings. The van der Waals surface area contributed by atoms with Gasteiger partial charge >= 0.3 is 10.1 Å². The number of benzene rings is 2. The van der Waals surface area contributed by atoms with E-state index in [2.05, 4.69) is 0 Å². The van der Waals surface area contributed by atoms with Crippen molar-refractivity contribution >= 4 is 15.9 Å². The Labute approximate surface area is 152 Å². The number of rotatable bonds is 5. The Balaban J connectivity index is 1.79. The van der Waals surface area contributed by atoms with Crippen molar-refractivity contribution in [1.29, 1.82) is 0 Å². The number of carbonyl (C=O) groups is 1. The average Bonchev–Trinajstić information content (AvgIpc) is 2.85. The number of nitrogens with two attached hydrogens (primary N) is 1. The van der Waals surface area contributed by atoms with Crippen LogP contribution >= 0.6 is 0 Å². The van der Waals surface area contributed by atoms with Crippen LogP contribution in [0.1, 0.15) is 28.4 Å². The van der Waals surface area contributed by atoms with Crippen LogP contribution in [0.25, 0.3) is 0 Å². The third-order valence-electron chi connectivity index (χ3n) is 4.16. The minimum absolute atomic E-state index is 0.324. The van der Waals surface area contributed by atoms with Crippen LogP contribution in [-0.4, -0.2) is 14.2 Å². The molecule has 0 spiro atoms. The van der Waals surface area contributed by atoms with Crippen molar-refractivity contribution in [2.75, 3.05) is 0 Å². The molecule has 0 radical (unpaired) electrons. The molecule has 1 heterocycles. The van der Waals surface area contributed by atoms with Gasteiger partial charge < -0.3 is 14.7 Å². The van der Waals surface area contributed by atoms with Crippen LogP contribution in [0.4, 0.5) is 0 Å². The molecule has 1 aliphatic rings. The first-order valence-electron chi connectivity index (χ1n) is 8.01. The van der Waals surface area contributed by atoms with E-state index >= 15 is 0 Å². The largest absolute Gasteiger partial charge is 0.460 e. The molecule has 136 valence electrons. The van der Waals surface area contributed by atoms with Gasteiger partial charge in [-0.3, -0.25) is 4.79 Å². The van der Waals surface area contributed by atoms with Crippen molar-refractivity contribution in [3.8, 4) is 0 Å². The summed E-state index contributed by atoms with van der Waals surface area (Å²) in [5.74, 6) is -1.77. The average molecular weight is 373 g/mol. The topological polar surface area (TPSA) is 95.7 Å². The van der Waals surface area contributed by atoms with E-state index < -0.39 is 27.8 Å². The maximum absolute atomic E-state index is 12.6. The van der Waals surface area contributed by atoms with Crippen LogP contribution in [0.3, 0.4) is 0 Å². The molecule has 0 fully saturated rings. The minimum atomic E-state index is -4.04. The normalized spacial score (nSPS) is 17.3. The molecule has 2 aromatic carbocycles. The Morgan fingerprint density at radius 1 is 1.08 bits per heavy atom. The zero-order valence-electron chi connectivity index (χ0n) is 14.4. The lowest BCUT2D eigenvalue weighted by Crippen LogP contribution is -2.16. The molecule has 0 saturated carbocycles. The summed E-state index contributed by atoms with van der Waals surface area (Å²) in [6.45, 7) is 3.87. The summed E-state index contributed by atoms with van der Waals surface area (Å²) in [5.41, 5.74) is 8.92. The summed E-state index contributed by atoms with van der Waals surface area (Å²) in [5, 5.41) is 0. The Morgan fingerprint density at radius 3 is 2.42 bits per heavy atom. The fourth-order valence-corrected chi connectivity index (χ4v) is 3.72. The molecule has 1 unspecified atom stereocenters. The van der Waals surface area contributed by atoms with Crippen LogP contribution in [0.2, 0.25) is 0 Å². The van der Waals surface area contributed by atoms with Gasteiger partial charge in [0, 0.05) is 5.56 Å². The van der Waals surface area contributed by atoms with Crippen LogP contribution in [-0.2, 0) is 29.6 Å². The van der Waals surface area contributed by atoms with Gasteiger partial charge in [-0.2, -0.15) is 8.42 Å². The summed E-state index contributed by atoms with van der Waals surface area (Å²) in [7, 11) is -4.04. The van der Waals surface area contributed by atoms with Gasteiger partial charge in [-0.15, -0.1) is 0 Å². The van der Waals surface area contributed by atoms with E-state index in [1.54, 1.807) is 36.4 Å². The third kappa shape index (κ3) is 3.72. The summed E-state index contributed by atoms with van der Waals surface area (Å²) >= 11 is 0. The van der Waals surface area contributed by atoms with Gasteiger partial charge in [0.15, 0.2) is 6.10 Å². The molecule has 0 saturated heterocycles. The number of Topliss-reactive ketones (excluding diaryl/α,β-unsaturated/α-hetero) is 1. The Hall–Kier alpha value is -2.80. The van der Waals surface area contributed by atoms with Crippen LogP contribution in [0, 0.1) is 13.8 Å². The van der Waals surface area contributed by atoms with Crippen molar-refractivity contribution < 1.29 is 22.1 Å². The lowest BCUT2D eigenvalue weighted by molar-refractivity contribution is -0.123.